The van der Waals surface area contributed by atoms with Crippen LogP contribution >= 0.6 is 0 Å². The lowest BCUT2D eigenvalue weighted by Gasteiger charge is -2.22. The highest BCUT2D eigenvalue weighted by Crippen LogP contribution is 2.41. The van der Waals surface area contributed by atoms with Gasteiger partial charge in [0.25, 0.3) is 0 Å². The number of aliphatic carboxylic acids is 1. The molecule has 0 amide bonds. The van der Waals surface area contributed by atoms with Crippen molar-refractivity contribution in [3.63, 3.8) is 0 Å². The van der Waals surface area contributed by atoms with Gasteiger partial charge in [-0.25, -0.2) is 4.99 Å². The van der Waals surface area contributed by atoms with Gasteiger partial charge in [0.2, 0.25) is 0 Å². The van der Waals surface area contributed by atoms with E-state index < -0.39 is 11.9 Å². The van der Waals surface area contributed by atoms with Crippen molar-refractivity contribution in [3.8, 4) is 16.9 Å². The van der Waals surface area contributed by atoms with E-state index >= 15 is 0 Å². The zero-order valence-electron chi connectivity index (χ0n) is 16.7. The normalized spacial score (nSPS) is 18.8. The Morgan fingerprint density at radius 1 is 1.17 bits per heavy atom. The minimum absolute atomic E-state index is 0.218. The van der Waals surface area contributed by atoms with Crippen LogP contribution in [0.5, 0.6) is 5.75 Å². The van der Waals surface area contributed by atoms with Gasteiger partial charge in [0, 0.05) is 36.1 Å². The highest BCUT2D eigenvalue weighted by Gasteiger charge is 2.34. The number of benzene rings is 2. The van der Waals surface area contributed by atoms with Gasteiger partial charge in [-0.05, 0) is 66.6 Å². The Labute approximate surface area is 174 Å². The molecular weight excluding hydrogens is 378 g/mol. The number of amidine groups is 1. The smallest absolute Gasteiger partial charge is 0.314 e. The summed E-state index contributed by atoms with van der Waals surface area (Å²) in [7, 11) is 2.00. The summed E-state index contributed by atoms with van der Waals surface area (Å²) >= 11 is 0. The molecule has 0 spiro atoms. The van der Waals surface area contributed by atoms with Crippen LogP contribution in [0.4, 0.5) is 5.69 Å². The Balaban J connectivity index is 1.56. The molecule has 0 bridgehead atoms. The number of rotatable bonds is 4. The number of phenols is 1. The molecule has 1 fully saturated rings. The van der Waals surface area contributed by atoms with E-state index in [1.807, 2.05) is 49.8 Å². The highest BCUT2D eigenvalue weighted by molar-refractivity contribution is 6.10. The number of hydrogen-bond donors (Lipinski definition) is 3. The van der Waals surface area contributed by atoms with Crippen LogP contribution in [0.3, 0.4) is 0 Å². The van der Waals surface area contributed by atoms with Crippen LogP contribution in [-0.4, -0.2) is 26.6 Å². The number of aryl methyl sites for hydroxylation is 1. The van der Waals surface area contributed by atoms with E-state index in [-0.39, 0.29) is 5.75 Å². The molecule has 2 aromatic carbocycles. The van der Waals surface area contributed by atoms with E-state index in [0.717, 1.165) is 46.1 Å². The Morgan fingerprint density at radius 3 is 2.63 bits per heavy atom. The number of nitrogens with zero attached hydrogens (tertiary/aromatic N) is 2. The molecule has 3 N–H and O–H groups in total. The van der Waals surface area contributed by atoms with Gasteiger partial charge < -0.3 is 20.1 Å². The minimum atomic E-state index is -0.855. The number of fused-ring (bicyclic) bond motifs is 1. The third-order valence-electron chi connectivity index (χ3n) is 5.96. The molecule has 30 heavy (non-hydrogen) atoms. The van der Waals surface area contributed by atoms with Crippen molar-refractivity contribution in [1.82, 2.24) is 4.57 Å². The fourth-order valence-corrected chi connectivity index (χ4v) is 4.20. The summed E-state index contributed by atoms with van der Waals surface area (Å²) in [6.45, 7) is 0. The van der Waals surface area contributed by atoms with Gasteiger partial charge in [0.15, 0.2) is 0 Å². The molecule has 1 atom stereocenters. The Hall–Kier alpha value is -3.54. The molecule has 0 radical (unpaired) electrons. The summed E-state index contributed by atoms with van der Waals surface area (Å²) in [6.07, 6.45) is 6.64. The molecule has 0 saturated heterocycles. The van der Waals surface area contributed by atoms with Crippen molar-refractivity contribution in [2.75, 3.05) is 5.32 Å². The van der Waals surface area contributed by atoms with Gasteiger partial charge in [0.1, 0.15) is 17.5 Å². The first-order chi connectivity index (χ1) is 14.5. The van der Waals surface area contributed by atoms with Crippen LogP contribution in [0.2, 0.25) is 0 Å². The van der Waals surface area contributed by atoms with E-state index in [4.69, 9.17) is 0 Å². The van der Waals surface area contributed by atoms with E-state index in [1.165, 1.54) is 0 Å². The predicted octanol–water partition coefficient (Wildman–Crippen LogP) is 4.76. The van der Waals surface area contributed by atoms with Crippen LogP contribution in [-0.2, 0) is 11.8 Å². The maximum absolute atomic E-state index is 11.9. The van der Waals surface area contributed by atoms with Crippen molar-refractivity contribution < 1.29 is 15.0 Å². The number of aliphatic imine (C=N–C) groups is 1. The van der Waals surface area contributed by atoms with Crippen molar-refractivity contribution in [3.05, 3.63) is 60.4 Å². The zero-order valence-corrected chi connectivity index (χ0v) is 16.7. The molecule has 1 aliphatic heterocycles. The Kier molecular flexibility index (Phi) is 4.35. The van der Waals surface area contributed by atoms with E-state index in [2.05, 4.69) is 14.9 Å². The van der Waals surface area contributed by atoms with Gasteiger partial charge in [-0.3, -0.25) is 4.79 Å². The van der Waals surface area contributed by atoms with Gasteiger partial charge in [-0.15, -0.1) is 0 Å². The van der Waals surface area contributed by atoms with Crippen molar-refractivity contribution in [2.45, 2.75) is 19.3 Å². The van der Waals surface area contributed by atoms with Crippen LogP contribution in [0, 0.1) is 11.8 Å². The van der Waals surface area contributed by atoms with Crippen LogP contribution in [0.25, 0.3) is 22.0 Å². The summed E-state index contributed by atoms with van der Waals surface area (Å²) in [6, 6.07) is 13.2. The fourth-order valence-electron chi connectivity index (χ4n) is 4.20. The van der Waals surface area contributed by atoms with E-state index in [1.54, 1.807) is 12.1 Å². The van der Waals surface area contributed by atoms with Gasteiger partial charge in [0.05, 0.1) is 5.52 Å². The maximum Gasteiger partial charge on any atom is 0.314 e. The van der Waals surface area contributed by atoms with Gasteiger partial charge in [-0.2, -0.15) is 0 Å². The minimum Gasteiger partial charge on any atom is -0.508 e. The molecule has 6 heteroatoms. The second-order valence-corrected chi connectivity index (χ2v) is 8.15. The number of anilines is 1. The summed E-state index contributed by atoms with van der Waals surface area (Å²) < 4.78 is 2.06. The van der Waals surface area contributed by atoms with Crippen molar-refractivity contribution >= 4 is 28.4 Å². The molecule has 2 heterocycles. The maximum atomic E-state index is 11.9. The second-order valence-electron chi connectivity index (χ2n) is 8.15. The second kappa shape index (κ2) is 7.06. The molecule has 2 aliphatic rings. The number of nitrogens with one attached hydrogen (secondary N) is 1. The largest absolute Gasteiger partial charge is 0.508 e. The molecule has 152 valence electrons. The quantitative estimate of drug-likeness (QED) is 0.588. The topological polar surface area (TPSA) is 86.9 Å². The van der Waals surface area contributed by atoms with Gasteiger partial charge >= 0.3 is 5.97 Å². The average molecular weight is 401 g/mol. The first-order valence-corrected chi connectivity index (χ1v) is 10.1. The molecule has 1 aliphatic carbocycles. The number of hydrogen-bond acceptors (Lipinski definition) is 4. The summed E-state index contributed by atoms with van der Waals surface area (Å²) in [5.74, 6) is -0.311. The number of aromatic hydroxyl groups is 1. The number of carboxylic acid groups (broad SMARTS) is 1. The van der Waals surface area contributed by atoms with Crippen molar-refractivity contribution in [2.24, 2.45) is 23.9 Å². The number of allylic oxidation sites excluding steroid dienone is 1. The van der Waals surface area contributed by atoms with Crippen LogP contribution < -0.4 is 5.32 Å². The number of carboxylic acids is 1. The molecule has 1 unspecified atom stereocenters. The first-order valence-electron chi connectivity index (χ1n) is 10.1. The Morgan fingerprint density at radius 2 is 1.93 bits per heavy atom. The third-order valence-corrected chi connectivity index (χ3v) is 5.96. The lowest BCUT2D eigenvalue weighted by atomic mass is 9.93. The number of phenolic OH excluding ortho intramolecular Hbond substituents is 1. The lowest BCUT2D eigenvalue weighted by Crippen LogP contribution is -2.32. The fraction of sp³-hybridized carbons (Fsp3) is 0.250. The van der Waals surface area contributed by atoms with Crippen LogP contribution in [0.1, 0.15) is 19.3 Å². The highest BCUT2D eigenvalue weighted by atomic mass is 16.4. The molecule has 5 rings (SSSR count). The molecule has 1 aromatic heterocycles. The molecule has 3 aromatic rings. The van der Waals surface area contributed by atoms with Crippen LogP contribution in [0.15, 0.2) is 65.4 Å². The zero-order chi connectivity index (χ0) is 20.8. The molecule has 1 saturated carbocycles. The summed E-state index contributed by atoms with van der Waals surface area (Å²) in [5, 5.41) is 23.7. The summed E-state index contributed by atoms with van der Waals surface area (Å²) in [4.78, 5) is 16.4. The molecular formula is C24H23N3O3. The lowest BCUT2D eigenvalue weighted by molar-refractivity contribution is -0.139. The predicted molar refractivity (Wildman–Crippen MR) is 118 cm³/mol. The van der Waals surface area contributed by atoms with Crippen molar-refractivity contribution in [1.29, 1.82) is 0 Å². The SMILES string of the molecule is Cn1ccc2cc(NC3=NC=C(C4CC4)CC3C(=O)O)cc(-c3ccc(O)cc3)c21. The molecule has 6 nitrogen and oxygen atoms in total. The summed E-state index contributed by atoms with van der Waals surface area (Å²) in [5.41, 5.74) is 4.99. The Bertz CT molecular complexity index is 1200. The average Bonchev–Trinajstić information content (AvgIpc) is 3.52. The number of aromatic nitrogens is 1. The number of carbonyl (C=O) groups is 1. The van der Waals surface area contributed by atoms with E-state index in [9.17, 15) is 15.0 Å². The van der Waals surface area contributed by atoms with E-state index in [0.29, 0.717) is 18.2 Å². The third kappa shape index (κ3) is 3.34. The monoisotopic (exact) mass is 401 g/mol. The van der Waals surface area contributed by atoms with Gasteiger partial charge in [-0.1, -0.05) is 12.1 Å². The standard InChI is InChI=1S/C24H23N3O3/c1-27-9-8-16-10-18(12-20(22(16)27)15-4-6-19(28)7-5-15)26-23-21(24(29)30)11-17(13-25-23)14-2-3-14/h4-10,12-14,21,28H,2-3,11H2,1H3,(H,25,26)(H,29,30). The first kappa shape index (κ1) is 18.5.